The molecular formula is C22H33FIN5S. The normalized spacial score (nSPS) is 15.6. The van der Waals surface area contributed by atoms with E-state index >= 15 is 0 Å². The van der Waals surface area contributed by atoms with E-state index in [4.69, 9.17) is 0 Å². The van der Waals surface area contributed by atoms with E-state index in [1.54, 1.807) is 23.5 Å². The molecule has 0 spiro atoms. The Hall–Kier alpha value is -1.26. The number of hydrogen-bond donors (Lipinski definition) is 2. The summed E-state index contributed by atoms with van der Waals surface area (Å²) in [6.07, 6.45) is 6.19. The summed E-state index contributed by atoms with van der Waals surface area (Å²) in [5.74, 6) is 1.37. The van der Waals surface area contributed by atoms with E-state index < -0.39 is 0 Å². The van der Waals surface area contributed by atoms with Crippen LogP contribution < -0.4 is 10.6 Å². The average molecular weight is 546 g/mol. The summed E-state index contributed by atoms with van der Waals surface area (Å²) in [6, 6.07) is 7.08. The smallest absolute Gasteiger partial charge is 0.190 e. The predicted octanol–water partition coefficient (Wildman–Crippen LogP) is 4.08. The summed E-state index contributed by atoms with van der Waals surface area (Å²) in [6.45, 7) is 6.63. The van der Waals surface area contributed by atoms with Gasteiger partial charge in [0, 0.05) is 49.7 Å². The number of piperidine rings is 1. The molecule has 1 aromatic heterocycles. The Kier molecular flexibility index (Phi) is 11.0. The molecule has 1 aliphatic heterocycles. The number of halogens is 2. The van der Waals surface area contributed by atoms with Gasteiger partial charge < -0.3 is 10.6 Å². The first-order valence-corrected chi connectivity index (χ1v) is 11.3. The number of hydrogen-bond acceptors (Lipinski definition) is 4. The highest BCUT2D eigenvalue weighted by atomic mass is 127. The van der Waals surface area contributed by atoms with Gasteiger partial charge in [0.25, 0.3) is 0 Å². The van der Waals surface area contributed by atoms with Gasteiger partial charge in [-0.1, -0.05) is 25.1 Å². The van der Waals surface area contributed by atoms with E-state index in [1.807, 2.05) is 25.4 Å². The molecule has 3 rings (SSSR count). The molecule has 0 amide bonds. The van der Waals surface area contributed by atoms with Gasteiger partial charge in [-0.25, -0.2) is 9.37 Å². The number of aromatic nitrogens is 1. The number of aliphatic imine (C=N–C) groups is 1. The zero-order valence-electron chi connectivity index (χ0n) is 17.9. The van der Waals surface area contributed by atoms with E-state index in [2.05, 4.69) is 32.4 Å². The molecule has 30 heavy (non-hydrogen) atoms. The molecule has 2 heterocycles. The van der Waals surface area contributed by atoms with E-state index in [-0.39, 0.29) is 29.8 Å². The molecule has 2 N–H and O–H groups in total. The van der Waals surface area contributed by atoms with Crippen LogP contribution in [0.1, 0.15) is 35.2 Å². The van der Waals surface area contributed by atoms with Crippen molar-refractivity contribution in [3.05, 3.63) is 51.7 Å². The highest BCUT2D eigenvalue weighted by molar-refractivity contribution is 14.0. The summed E-state index contributed by atoms with van der Waals surface area (Å²) < 4.78 is 13.8. The minimum atomic E-state index is -0.102. The molecule has 1 saturated heterocycles. The summed E-state index contributed by atoms with van der Waals surface area (Å²) in [5.41, 5.74) is 0.792. The maximum absolute atomic E-state index is 13.8. The molecule has 0 saturated carbocycles. The largest absolute Gasteiger partial charge is 0.356 e. The van der Waals surface area contributed by atoms with E-state index in [0.29, 0.717) is 12.5 Å². The first-order valence-electron chi connectivity index (χ1n) is 10.5. The molecule has 0 bridgehead atoms. The molecule has 5 nitrogen and oxygen atoms in total. The Balaban J connectivity index is 0.00000320. The van der Waals surface area contributed by atoms with Crippen molar-refractivity contribution in [1.29, 1.82) is 0 Å². The number of nitrogens with one attached hydrogen (secondary N) is 2. The van der Waals surface area contributed by atoms with Crippen LogP contribution >= 0.6 is 35.3 Å². The Morgan fingerprint density at radius 2 is 2.03 bits per heavy atom. The fraction of sp³-hybridized carbons (Fsp3) is 0.545. The van der Waals surface area contributed by atoms with Crippen molar-refractivity contribution in [2.45, 2.75) is 39.2 Å². The lowest BCUT2D eigenvalue weighted by Crippen LogP contribution is -2.43. The molecule has 0 unspecified atom stereocenters. The van der Waals surface area contributed by atoms with Crippen molar-refractivity contribution >= 4 is 41.3 Å². The van der Waals surface area contributed by atoms with Crippen molar-refractivity contribution < 1.29 is 4.39 Å². The van der Waals surface area contributed by atoms with Crippen molar-refractivity contribution in [3.8, 4) is 0 Å². The van der Waals surface area contributed by atoms with E-state index in [0.717, 1.165) is 63.4 Å². The summed E-state index contributed by atoms with van der Waals surface area (Å²) in [4.78, 5) is 12.5. The first kappa shape index (κ1) is 25.0. The lowest BCUT2D eigenvalue weighted by Gasteiger charge is -2.32. The number of rotatable bonds is 8. The van der Waals surface area contributed by atoms with Crippen molar-refractivity contribution in [2.75, 3.05) is 33.2 Å². The fourth-order valence-electron chi connectivity index (χ4n) is 3.59. The standard InChI is InChI=1S/C22H32FN5S.HI/c1-3-19-15-26-21(29-19)8-11-25-22(24-2)27-14-17-9-12-28(13-10-17)16-18-6-4-5-7-20(18)23;/h4-7,15,17H,3,8-14,16H2,1-2H3,(H2,24,25,27);1H. The third-order valence-electron chi connectivity index (χ3n) is 5.42. The van der Waals surface area contributed by atoms with E-state index in [1.165, 1.54) is 9.88 Å². The minimum absolute atomic E-state index is 0. The molecule has 1 aliphatic rings. The maximum Gasteiger partial charge on any atom is 0.190 e. The maximum atomic E-state index is 13.8. The average Bonchev–Trinajstić information content (AvgIpc) is 3.21. The van der Waals surface area contributed by atoms with Gasteiger partial charge in [0.1, 0.15) is 5.82 Å². The van der Waals surface area contributed by atoms with E-state index in [9.17, 15) is 4.39 Å². The monoisotopic (exact) mass is 545 g/mol. The lowest BCUT2D eigenvalue weighted by atomic mass is 9.96. The fourth-order valence-corrected chi connectivity index (χ4v) is 4.45. The Morgan fingerprint density at radius 3 is 2.70 bits per heavy atom. The number of aryl methyl sites for hydroxylation is 1. The Bertz CT molecular complexity index is 789. The third-order valence-corrected chi connectivity index (χ3v) is 6.62. The number of thiazole rings is 1. The van der Waals surface area contributed by atoms with Crippen molar-refractivity contribution in [1.82, 2.24) is 20.5 Å². The molecule has 1 fully saturated rings. The molecule has 0 radical (unpaired) electrons. The van der Waals surface area contributed by atoms with Crippen LogP contribution in [0.4, 0.5) is 4.39 Å². The summed E-state index contributed by atoms with van der Waals surface area (Å²) in [5, 5.41) is 8.02. The number of nitrogens with zero attached hydrogens (tertiary/aromatic N) is 3. The van der Waals surface area contributed by atoms with Crippen LogP contribution in [0.25, 0.3) is 0 Å². The number of benzene rings is 1. The topological polar surface area (TPSA) is 52.6 Å². The van der Waals surface area contributed by atoms with Crippen LogP contribution in [-0.4, -0.2) is 49.1 Å². The second-order valence-corrected chi connectivity index (χ2v) is 8.71. The van der Waals surface area contributed by atoms with Gasteiger partial charge in [-0.05, 0) is 44.3 Å². The van der Waals surface area contributed by atoms with Crippen molar-refractivity contribution in [2.24, 2.45) is 10.9 Å². The minimum Gasteiger partial charge on any atom is -0.356 e. The van der Waals surface area contributed by atoms with Crippen molar-refractivity contribution in [3.63, 3.8) is 0 Å². The Labute approximate surface area is 200 Å². The van der Waals surface area contributed by atoms with Gasteiger partial charge in [-0.15, -0.1) is 35.3 Å². The molecule has 0 atom stereocenters. The zero-order valence-corrected chi connectivity index (χ0v) is 21.0. The van der Waals surface area contributed by atoms with Gasteiger partial charge in [0.05, 0.1) is 5.01 Å². The molecule has 0 aliphatic carbocycles. The van der Waals surface area contributed by atoms with Crippen LogP contribution in [0.2, 0.25) is 0 Å². The van der Waals surface area contributed by atoms with Gasteiger partial charge in [0.15, 0.2) is 5.96 Å². The summed E-state index contributed by atoms with van der Waals surface area (Å²) in [7, 11) is 1.81. The highest BCUT2D eigenvalue weighted by Gasteiger charge is 2.20. The van der Waals surface area contributed by atoms with Crippen LogP contribution in [0, 0.1) is 11.7 Å². The molecule has 166 valence electrons. The van der Waals surface area contributed by atoms with Crippen LogP contribution in [0.5, 0.6) is 0 Å². The third kappa shape index (κ3) is 7.77. The van der Waals surface area contributed by atoms with Crippen LogP contribution in [0.15, 0.2) is 35.5 Å². The second-order valence-electron chi connectivity index (χ2n) is 7.51. The zero-order chi connectivity index (χ0) is 20.5. The molecule has 2 aromatic rings. The predicted molar refractivity (Wildman–Crippen MR) is 134 cm³/mol. The van der Waals surface area contributed by atoms with Gasteiger partial charge in [-0.2, -0.15) is 0 Å². The van der Waals surface area contributed by atoms with Gasteiger partial charge >= 0.3 is 0 Å². The highest BCUT2D eigenvalue weighted by Crippen LogP contribution is 2.19. The quantitative estimate of drug-likeness (QED) is 0.298. The summed E-state index contributed by atoms with van der Waals surface area (Å²) >= 11 is 1.79. The first-order chi connectivity index (χ1) is 14.2. The Morgan fingerprint density at radius 1 is 1.27 bits per heavy atom. The molecule has 1 aromatic carbocycles. The molecule has 8 heteroatoms. The lowest BCUT2D eigenvalue weighted by molar-refractivity contribution is 0.176. The van der Waals surface area contributed by atoms with Gasteiger partial charge in [-0.3, -0.25) is 9.89 Å². The second kappa shape index (κ2) is 13.2. The number of guanidine groups is 1. The van der Waals surface area contributed by atoms with Crippen LogP contribution in [0.3, 0.4) is 0 Å². The number of likely N-dealkylation sites (tertiary alicyclic amines) is 1. The van der Waals surface area contributed by atoms with Gasteiger partial charge in [0.2, 0.25) is 0 Å². The van der Waals surface area contributed by atoms with Crippen LogP contribution in [-0.2, 0) is 19.4 Å². The molecular weight excluding hydrogens is 512 g/mol. The SMILES string of the molecule is CCc1cnc(CCNC(=NC)NCC2CCN(Cc3ccccc3F)CC2)s1.I.